The number of aromatic nitrogens is 3. The van der Waals surface area contributed by atoms with Gasteiger partial charge in [0.05, 0.1) is 11.8 Å². The molecule has 2 aromatic carbocycles. The van der Waals surface area contributed by atoms with Crippen molar-refractivity contribution in [1.82, 2.24) is 24.6 Å². The van der Waals surface area contributed by atoms with Gasteiger partial charge >= 0.3 is 12.2 Å². The number of urea groups is 1. The van der Waals surface area contributed by atoms with E-state index in [1.54, 1.807) is 29.2 Å². The van der Waals surface area contributed by atoms with Crippen LogP contribution in [0.5, 0.6) is 0 Å². The number of amides is 2. The Kier molecular flexibility index (Phi) is 8.19. The van der Waals surface area contributed by atoms with Gasteiger partial charge in [-0.25, -0.2) is 14.5 Å². The lowest BCUT2D eigenvalue weighted by molar-refractivity contribution is -0.138. The number of nitrogens with zero attached hydrogens (tertiary/aromatic N) is 5. The topological polar surface area (TPSA) is 104 Å². The summed E-state index contributed by atoms with van der Waals surface area (Å²) in [6, 6.07) is 12.3. The Morgan fingerprint density at radius 3 is 2.31 bits per heavy atom. The fraction of sp³-hybridized carbons (Fsp3) is 0.300. The third-order valence-electron chi connectivity index (χ3n) is 7.49. The monoisotopic (exact) mass is 578 g/mol. The summed E-state index contributed by atoms with van der Waals surface area (Å²) < 4.78 is 43.5. The van der Waals surface area contributed by atoms with Gasteiger partial charge in [-0.1, -0.05) is 18.2 Å². The highest BCUT2D eigenvalue weighted by Gasteiger charge is 2.34. The lowest BCUT2D eigenvalue weighted by atomic mass is 10.0. The molecule has 220 valence electrons. The summed E-state index contributed by atoms with van der Waals surface area (Å²) in [6.45, 7) is 7.10. The molecular weight excluding hydrogens is 545 g/mol. The van der Waals surface area contributed by atoms with Crippen molar-refractivity contribution in [2.45, 2.75) is 26.6 Å². The highest BCUT2D eigenvalue weighted by atomic mass is 19.4. The van der Waals surface area contributed by atoms with Crippen LogP contribution in [0.4, 0.5) is 35.2 Å². The van der Waals surface area contributed by atoms with E-state index in [1.165, 1.54) is 12.1 Å². The fourth-order valence-corrected chi connectivity index (χ4v) is 5.09. The van der Waals surface area contributed by atoms with Crippen molar-refractivity contribution in [2.75, 3.05) is 49.6 Å². The molecule has 0 atom stereocenters. The Labute approximate surface area is 242 Å². The zero-order valence-corrected chi connectivity index (χ0v) is 23.7. The van der Waals surface area contributed by atoms with Crippen molar-refractivity contribution in [2.24, 2.45) is 0 Å². The number of carbonyl (C=O) groups excluding carboxylic acids is 1. The summed E-state index contributed by atoms with van der Waals surface area (Å²) in [5.74, 6) is 0.380. The van der Waals surface area contributed by atoms with Gasteiger partial charge in [-0.3, -0.25) is 4.90 Å². The van der Waals surface area contributed by atoms with Gasteiger partial charge in [0.2, 0.25) is 0 Å². The second-order valence-electron chi connectivity index (χ2n) is 10.5. The van der Waals surface area contributed by atoms with E-state index in [-0.39, 0.29) is 17.8 Å². The van der Waals surface area contributed by atoms with E-state index in [9.17, 15) is 18.0 Å². The number of nitrogens with two attached hydrogens (primary N) is 1. The summed E-state index contributed by atoms with van der Waals surface area (Å²) in [5, 5.41) is 9.71. The van der Waals surface area contributed by atoms with Crippen LogP contribution in [-0.2, 0) is 12.7 Å². The number of nitrogens with one attached hydrogen (secondary N) is 2. The third-order valence-corrected chi connectivity index (χ3v) is 7.49. The third kappa shape index (κ3) is 6.39. The summed E-state index contributed by atoms with van der Waals surface area (Å²) in [7, 11) is 2.00. The number of aryl methyl sites for hydroxylation is 1. The van der Waals surface area contributed by atoms with Crippen LogP contribution in [0.3, 0.4) is 0 Å². The summed E-state index contributed by atoms with van der Waals surface area (Å²) in [5.41, 5.74) is 10.4. The molecule has 0 saturated carbocycles. The number of halogens is 3. The molecular formula is C30H33F3N8O. The number of anilines is 3. The van der Waals surface area contributed by atoms with Crippen LogP contribution in [0.1, 0.15) is 22.4 Å². The maximum absolute atomic E-state index is 13.9. The number of piperazine rings is 1. The van der Waals surface area contributed by atoms with Gasteiger partial charge < -0.3 is 21.3 Å². The number of alkyl halides is 3. The quantitative estimate of drug-likeness (QED) is 0.278. The second kappa shape index (κ2) is 11.8. The van der Waals surface area contributed by atoms with E-state index in [4.69, 9.17) is 5.73 Å². The van der Waals surface area contributed by atoms with Crippen LogP contribution in [0, 0.1) is 13.8 Å². The lowest BCUT2D eigenvalue weighted by Gasteiger charge is -2.33. The molecule has 0 radical (unpaired) electrons. The van der Waals surface area contributed by atoms with Crippen LogP contribution < -0.4 is 16.4 Å². The van der Waals surface area contributed by atoms with Crippen molar-refractivity contribution in [1.29, 1.82) is 0 Å². The molecule has 12 heteroatoms. The summed E-state index contributed by atoms with van der Waals surface area (Å²) in [6.07, 6.45) is -1.16. The number of hydrogen-bond donors (Lipinski definition) is 3. The number of nitrogen functional groups attached to an aromatic ring is 1. The maximum atomic E-state index is 13.9. The van der Waals surface area contributed by atoms with Crippen LogP contribution in [0.25, 0.3) is 16.8 Å². The maximum Gasteiger partial charge on any atom is 0.416 e. The van der Waals surface area contributed by atoms with Gasteiger partial charge in [0.1, 0.15) is 11.5 Å². The Balaban J connectivity index is 1.26. The highest BCUT2D eigenvalue weighted by Crippen LogP contribution is 2.35. The van der Waals surface area contributed by atoms with Crippen LogP contribution in [-0.4, -0.2) is 63.8 Å². The van der Waals surface area contributed by atoms with Crippen molar-refractivity contribution in [3.05, 3.63) is 83.3 Å². The Morgan fingerprint density at radius 2 is 1.64 bits per heavy atom. The first kappa shape index (κ1) is 29.1. The van der Waals surface area contributed by atoms with E-state index in [0.29, 0.717) is 24.6 Å². The average Bonchev–Trinajstić information content (AvgIpc) is 3.31. The molecule has 0 unspecified atom stereocenters. The zero-order valence-electron chi connectivity index (χ0n) is 23.7. The van der Waals surface area contributed by atoms with Crippen LogP contribution in [0.2, 0.25) is 0 Å². The van der Waals surface area contributed by atoms with Gasteiger partial charge in [-0.2, -0.15) is 18.3 Å². The smallest absolute Gasteiger partial charge is 0.382 e. The lowest BCUT2D eigenvalue weighted by Crippen LogP contribution is -2.44. The molecule has 3 heterocycles. The predicted molar refractivity (Wildman–Crippen MR) is 158 cm³/mol. The molecule has 1 saturated heterocycles. The molecule has 4 N–H and O–H groups in total. The highest BCUT2D eigenvalue weighted by molar-refractivity contribution is 6.00. The van der Waals surface area contributed by atoms with Crippen molar-refractivity contribution >= 4 is 23.2 Å². The van der Waals surface area contributed by atoms with Crippen molar-refractivity contribution < 1.29 is 18.0 Å². The van der Waals surface area contributed by atoms with Gasteiger partial charge in [0.15, 0.2) is 0 Å². The second-order valence-corrected chi connectivity index (χ2v) is 10.5. The first-order valence-corrected chi connectivity index (χ1v) is 13.5. The average molecular weight is 579 g/mol. The van der Waals surface area contributed by atoms with Gasteiger partial charge in [0, 0.05) is 61.6 Å². The largest absolute Gasteiger partial charge is 0.416 e. The molecule has 0 spiro atoms. The minimum Gasteiger partial charge on any atom is -0.382 e. The van der Waals surface area contributed by atoms with E-state index in [1.807, 2.05) is 44.0 Å². The molecule has 5 rings (SSSR count). The van der Waals surface area contributed by atoms with Crippen LogP contribution in [0.15, 0.2) is 60.9 Å². The molecule has 2 amide bonds. The van der Waals surface area contributed by atoms with Gasteiger partial charge in [0.25, 0.3) is 0 Å². The van der Waals surface area contributed by atoms with Gasteiger partial charge in [-0.05, 0) is 67.9 Å². The standard InChI is InChI=1S/C30H33F3N8O/c1-19-10-11-35-28(34)27(19)41-20(2)25(17-36-41)21-4-7-23(8-5-21)37-29(42)38-24-9-6-22(26(16-24)30(31,32)33)18-40-14-12-39(3)13-15-40/h4-11,16-17H,12-15,18H2,1-3H3,(H2,34,35)(H2,37,38,42). The van der Waals surface area contributed by atoms with Crippen molar-refractivity contribution in [3.8, 4) is 16.8 Å². The SMILES string of the molecule is Cc1ccnc(N)c1-n1ncc(-c2ccc(NC(=O)Nc3ccc(CN4CCN(C)CC4)c(C(F)(F)F)c3)cc2)c1C. The number of likely N-dealkylation sites (N-methyl/N-ethyl adjacent to an activating group) is 1. The Bertz CT molecular complexity index is 1550. The summed E-state index contributed by atoms with van der Waals surface area (Å²) in [4.78, 5) is 21.0. The number of rotatable bonds is 6. The number of hydrogen-bond acceptors (Lipinski definition) is 6. The molecule has 1 aliphatic rings. The minimum absolute atomic E-state index is 0.0616. The number of pyridine rings is 1. The van der Waals surface area contributed by atoms with E-state index in [0.717, 1.165) is 47.2 Å². The zero-order chi connectivity index (χ0) is 30.0. The Hall–Kier alpha value is -4.42. The fourth-order valence-electron chi connectivity index (χ4n) is 5.09. The van der Waals surface area contributed by atoms with E-state index < -0.39 is 17.8 Å². The number of carbonyl (C=O) groups is 1. The van der Waals surface area contributed by atoms with E-state index >= 15 is 0 Å². The Morgan fingerprint density at radius 1 is 0.976 bits per heavy atom. The molecule has 1 aliphatic heterocycles. The van der Waals surface area contributed by atoms with E-state index in [2.05, 4.69) is 25.6 Å². The molecule has 1 fully saturated rings. The molecule has 42 heavy (non-hydrogen) atoms. The van der Waals surface area contributed by atoms with Gasteiger partial charge in [-0.15, -0.1) is 0 Å². The molecule has 9 nitrogen and oxygen atoms in total. The molecule has 0 bridgehead atoms. The molecule has 0 aliphatic carbocycles. The first-order valence-electron chi connectivity index (χ1n) is 13.5. The molecule has 4 aromatic rings. The summed E-state index contributed by atoms with van der Waals surface area (Å²) >= 11 is 0. The van der Waals surface area contributed by atoms with Crippen LogP contribution >= 0.6 is 0 Å². The minimum atomic E-state index is -4.54. The van der Waals surface area contributed by atoms with Crippen molar-refractivity contribution in [3.63, 3.8) is 0 Å². The number of benzene rings is 2. The first-order chi connectivity index (χ1) is 20.0. The molecule has 2 aromatic heterocycles. The normalized spacial score (nSPS) is 14.6. The predicted octanol–water partition coefficient (Wildman–Crippen LogP) is 5.54.